The Hall–Kier alpha value is -0.650. The van der Waals surface area contributed by atoms with E-state index in [-0.39, 0.29) is 24.3 Å². The highest BCUT2D eigenvalue weighted by molar-refractivity contribution is 5.69. The van der Waals surface area contributed by atoms with Crippen molar-refractivity contribution in [2.45, 2.75) is 70.4 Å². The highest BCUT2D eigenvalue weighted by Gasteiger charge is 2.27. The van der Waals surface area contributed by atoms with Gasteiger partial charge in [0.25, 0.3) is 0 Å². The summed E-state index contributed by atoms with van der Waals surface area (Å²) in [6.45, 7) is 6.53. The molecule has 1 N–H and O–H groups in total. The summed E-state index contributed by atoms with van der Waals surface area (Å²) < 4.78 is 16.9. The van der Waals surface area contributed by atoms with Gasteiger partial charge < -0.3 is 19.5 Å². The van der Waals surface area contributed by atoms with Gasteiger partial charge in [0, 0.05) is 12.8 Å². The summed E-state index contributed by atoms with van der Waals surface area (Å²) in [5.41, 5.74) is 0. The smallest absolute Gasteiger partial charge is 0.308 e. The van der Waals surface area contributed by atoms with E-state index >= 15 is 0 Å². The topological polar surface area (TPSA) is 56.8 Å². The molecular formula is C15H27NO4. The average molecular weight is 285 g/mol. The van der Waals surface area contributed by atoms with Gasteiger partial charge in [0.1, 0.15) is 6.10 Å². The molecule has 0 bridgehead atoms. The van der Waals surface area contributed by atoms with Gasteiger partial charge in [-0.1, -0.05) is 0 Å². The molecule has 0 aromatic heterocycles. The van der Waals surface area contributed by atoms with E-state index in [1.165, 1.54) is 0 Å². The maximum Gasteiger partial charge on any atom is 0.308 e. The third-order valence-electron chi connectivity index (χ3n) is 3.90. The van der Waals surface area contributed by atoms with Crippen molar-refractivity contribution in [3.05, 3.63) is 0 Å². The second-order valence-corrected chi connectivity index (χ2v) is 5.91. The first kappa shape index (κ1) is 15.7. The monoisotopic (exact) mass is 285 g/mol. The number of esters is 1. The lowest BCUT2D eigenvalue weighted by Crippen LogP contribution is -2.35. The molecule has 0 aromatic carbocycles. The van der Waals surface area contributed by atoms with Crippen LogP contribution in [0.4, 0.5) is 0 Å². The number of carbonyl (C=O) groups is 1. The van der Waals surface area contributed by atoms with Gasteiger partial charge in [0.05, 0.1) is 31.3 Å². The van der Waals surface area contributed by atoms with Crippen molar-refractivity contribution in [1.29, 1.82) is 0 Å². The van der Waals surface area contributed by atoms with Crippen LogP contribution in [-0.2, 0) is 19.0 Å². The molecule has 2 heterocycles. The second kappa shape index (κ2) is 7.96. The van der Waals surface area contributed by atoms with Gasteiger partial charge in [-0.05, 0) is 39.8 Å². The largest absolute Gasteiger partial charge is 0.462 e. The van der Waals surface area contributed by atoms with Crippen molar-refractivity contribution in [2.24, 2.45) is 0 Å². The molecule has 0 aliphatic carbocycles. The molecule has 5 heteroatoms. The van der Waals surface area contributed by atoms with Gasteiger partial charge >= 0.3 is 5.97 Å². The Balaban J connectivity index is 1.59. The van der Waals surface area contributed by atoms with Crippen molar-refractivity contribution >= 4 is 5.97 Å². The Morgan fingerprint density at radius 3 is 2.45 bits per heavy atom. The molecule has 0 amide bonds. The lowest BCUT2D eigenvalue weighted by Gasteiger charge is -2.31. The predicted octanol–water partition coefficient (Wildman–Crippen LogP) is 1.64. The highest BCUT2D eigenvalue weighted by atomic mass is 16.6. The third kappa shape index (κ3) is 5.38. The summed E-state index contributed by atoms with van der Waals surface area (Å²) in [6.07, 6.45) is 4.64. The van der Waals surface area contributed by atoms with E-state index in [9.17, 15) is 4.79 Å². The van der Waals surface area contributed by atoms with Crippen LogP contribution in [0.5, 0.6) is 0 Å². The fourth-order valence-corrected chi connectivity index (χ4v) is 2.96. The van der Waals surface area contributed by atoms with Crippen LogP contribution in [0.25, 0.3) is 0 Å². The Labute approximate surface area is 121 Å². The van der Waals surface area contributed by atoms with E-state index < -0.39 is 0 Å². The van der Waals surface area contributed by atoms with Crippen molar-refractivity contribution in [1.82, 2.24) is 5.32 Å². The van der Waals surface area contributed by atoms with Gasteiger partial charge in [0.2, 0.25) is 0 Å². The molecule has 0 radical (unpaired) electrons. The summed E-state index contributed by atoms with van der Waals surface area (Å²) in [7, 11) is 0. The first-order valence-electron chi connectivity index (χ1n) is 7.80. The summed E-state index contributed by atoms with van der Waals surface area (Å²) in [5, 5.41) is 3.29. The van der Waals surface area contributed by atoms with Gasteiger partial charge in [-0.2, -0.15) is 0 Å². The van der Waals surface area contributed by atoms with E-state index in [4.69, 9.17) is 14.2 Å². The molecule has 0 saturated carbocycles. The fourth-order valence-electron chi connectivity index (χ4n) is 2.96. The molecule has 2 unspecified atom stereocenters. The molecule has 2 atom stereocenters. The minimum absolute atomic E-state index is 0.000121. The molecule has 0 aromatic rings. The normalized spacial score (nSPS) is 32.0. The van der Waals surface area contributed by atoms with Crippen LogP contribution in [0.1, 0.15) is 46.0 Å². The number of nitrogens with one attached hydrogen (secondary N) is 1. The summed E-state index contributed by atoms with van der Waals surface area (Å²) in [4.78, 5) is 11.8. The molecule has 2 aliphatic rings. The van der Waals surface area contributed by atoms with Gasteiger partial charge in [-0.25, -0.2) is 0 Å². The minimum atomic E-state index is -0.148. The number of hydrogen-bond donors (Lipinski definition) is 1. The zero-order chi connectivity index (χ0) is 14.4. The molecule has 2 saturated heterocycles. The van der Waals surface area contributed by atoms with Crippen molar-refractivity contribution in [2.75, 3.05) is 19.7 Å². The molecule has 2 rings (SSSR count). The number of rotatable bonds is 5. The van der Waals surface area contributed by atoms with E-state index in [2.05, 4.69) is 5.32 Å². The van der Waals surface area contributed by atoms with Crippen LogP contribution >= 0.6 is 0 Å². The maximum atomic E-state index is 11.8. The van der Waals surface area contributed by atoms with E-state index in [0.29, 0.717) is 19.1 Å². The molecule has 0 spiro atoms. The van der Waals surface area contributed by atoms with Crippen molar-refractivity contribution < 1.29 is 19.0 Å². The fraction of sp³-hybridized carbons (Fsp3) is 0.933. The van der Waals surface area contributed by atoms with Crippen molar-refractivity contribution in [3.63, 3.8) is 0 Å². The summed E-state index contributed by atoms with van der Waals surface area (Å²) in [6, 6.07) is 0. The summed E-state index contributed by atoms with van der Waals surface area (Å²) in [5.74, 6) is -0.148. The first-order valence-corrected chi connectivity index (χ1v) is 7.80. The molecular weight excluding hydrogens is 258 g/mol. The highest BCUT2D eigenvalue weighted by Crippen LogP contribution is 2.22. The van der Waals surface area contributed by atoms with Gasteiger partial charge in [-0.3, -0.25) is 4.79 Å². The van der Waals surface area contributed by atoms with Crippen LogP contribution in [-0.4, -0.2) is 50.1 Å². The number of piperidine rings is 1. The molecule has 2 fully saturated rings. The lowest BCUT2D eigenvalue weighted by atomic mass is 10.0. The molecule has 116 valence electrons. The van der Waals surface area contributed by atoms with Crippen LogP contribution in [0.3, 0.4) is 0 Å². The van der Waals surface area contributed by atoms with Gasteiger partial charge in [-0.15, -0.1) is 0 Å². The number of ether oxygens (including phenoxy) is 3. The van der Waals surface area contributed by atoms with E-state index in [0.717, 1.165) is 38.8 Å². The third-order valence-corrected chi connectivity index (χ3v) is 3.90. The number of carbonyl (C=O) groups excluding carboxylic acids is 1. The Bertz CT molecular complexity index is 294. The van der Waals surface area contributed by atoms with Crippen LogP contribution < -0.4 is 5.32 Å². The van der Waals surface area contributed by atoms with Crippen LogP contribution in [0.2, 0.25) is 0 Å². The van der Waals surface area contributed by atoms with Crippen LogP contribution in [0, 0.1) is 0 Å². The molecule has 2 aliphatic heterocycles. The SMILES string of the molecule is CC1CC(OC(=O)CCOC2CCNCC2)CC(C)O1. The zero-order valence-corrected chi connectivity index (χ0v) is 12.6. The van der Waals surface area contributed by atoms with Crippen molar-refractivity contribution in [3.8, 4) is 0 Å². The Kier molecular flexibility index (Phi) is 6.26. The zero-order valence-electron chi connectivity index (χ0n) is 12.6. The first-order chi connectivity index (χ1) is 9.63. The lowest BCUT2D eigenvalue weighted by molar-refractivity contribution is -0.161. The molecule has 5 nitrogen and oxygen atoms in total. The maximum absolute atomic E-state index is 11.8. The van der Waals surface area contributed by atoms with Gasteiger partial charge in [0.15, 0.2) is 0 Å². The number of hydrogen-bond acceptors (Lipinski definition) is 5. The molecule has 20 heavy (non-hydrogen) atoms. The average Bonchev–Trinajstić information content (AvgIpc) is 2.38. The summed E-state index contributed by atoms with van der Waals surface area (Å²) >= 11 is 0. The standard InChI is InChI=1S/C15H27NO4/c1-11-9-14(10-12(2)19-11)20-15(17)5-8-18-13-3-6-16-7-4-13/h11-14,16H,3-10H2,1-2H3. The quantitative estimate of drug-likeness (QED) is 0.778. The Morgan fingerprint density at radius 2 is 1.80 bits per heavy atom. The van der Waals surface area contributed by atoms with E-state index in [1.54, 1.807) is 0 Å². The second-order valence-electron chi connectivity index (χ2n) is 5.91. The predicted molar refractivity (Wildman–Crippen MR) is 75.6 cm³/mol. The Morgan fingerprint density at radius 1 is 1.15 bits per heavy atom. The minimum Gasteiger partial charge on any atom is -0.462 e. The van der Waals surface area contributed by atoms with E-state index in [1.807, 2.05) is 13.8 Å². The van der Waals surface area contributed by atoms with Crippen LogP contribution in [0.15, 0.2) is 0 Å².